The van der Waals surface area contributed by atoms with Gasteiger partial charge in [0.25, 0.3) is 5.91 Å². The minimum Gasteiger partial charge on any atom is -0.378 e. The van der Waals surface area contributed by atoms with Gasteiger partial charge in [-0.3, -0.25) is 4.79 Å². The van der Waals surface area contributed by atoms with E-state index in [1.165, 1.54) is 4.90 Å². The zero-order valence-electron chi connectivity index (χ0n) is 11.9. The highest BCUT2D eigenvalue weighted by Gasteiger charge is 2.40. The SMILES string of the molecule is O=C(C(O)c1ccccc1)N1CCn2c(nnc2C(F)(F)F)C1. The maximum Gasteiger partial charge on any atom is 0.451 e. The lowest BCUT2D eigenvalue weighted by molar-refractivity contribution is -0.148. The Labute approximate surface area is 129 Å². The number of benzene rings is 1. The maximum atomic E-state index is 12.8. The Morgan fingerprint density at radius 1 is 1.17 bits per heavy atom. The van der Waals surface area contributed by atoms with Crippen molar-refractivity contribution in [3.63, 3.8) is 0 Å². The molecule has 2 aromatic rings. The highest BCUT2D eigenvalue weighted by molar-refractivity contribution is 5.82. The van der Waals surface area contributed by atoms with E-state index in [1.54, 1.807) is 30.3 Å². The molecule has 1 amide bonds. The highest BCUT2D eigenvalue weighted by atomic mass is 19.4. The van der Waals surface area contributed by atoms with Crippen LogP contribution in [-0.4, -0.2) is 37.2 Å². The molecule has 122 valence electrons. The van der Waals surface area contributed by atoms with E-state index in [0.717, 1.165) is 4.57 Å². The van der Waals surface area contributed by atoms with Crippen molar-refractivity contribution in [2.75, 3.05) is 6.54 Å². The van der Waals surface area contributed by atoms with Gasteiger partial charge in [-0.05, 0) is 5.56 Å². The highest BCUT2D eigenvalue weighted by Crippen LogP contribution is 2.29. The first-order valence-corrected chi connectivity index (χ1v) is 6.89. The molecule has 0 saturated carbocycles. The number of carbonyl (C=O) groups excluding carboxylic acids is 1. The minimum absolute atomic E-state index is 0.0524. The molecule has 1 aliphatic rings. The summed E-state index contributed by atoms with van der Waals surface area (Å²) in [5.74, 6) is -1.58. The number of rotatable bonds is 2. The zero-order chi connectivity index (χ0) is 16.6. The van der Waals surface area contributed by atoms with Gasteiger partial charge in [0.15, 0.2) is 11.9 Å². The first kappa shape index (κ1) is 15.5. The number of amides is 1. The third-order valence-electron chi connectivity index (χ3n) is 3.67. The van der Waals surface area contributed by atoms with Gasteiger partial charge >= 0.3 is 6.18 Å². The van der Waals surface area contributed by atoms with E-state index in [2.05, 4.69) is 10.2 Å². The summed E-state index contributed by atoms with van der Waals surface area (Å²) in [5.41, 5.74) is 0.431. The molecule has 1 aromatic heterocycles. The predicted molar refractivity (Wildman–Crippen MR) is 71.8 cm³/mol. The van der Waals surface area contributed by atoms with Crippen molar-refractivity contribution < 1.29 is 23.1 Å². The van der Waals surface area contributed by atoms with Crippen LogP contribution in [-0.2, 0) is 24.1 Å². The van der Waals surface area contributed by atoms with Gasteiger partial charge in [-0.15, -0.1) is 10.2 Å². The monoisotopic (exact) mass is 326 g/mol. The molecule has 2 heterocycles. The summed E-state index contributed by atoms with van der Waals surface area (Å²) in [5, 5.41) is 16.8. The molecule has 0 bridgehead atoms. The lowest BCUT2D eigenvalue weighted by Gasteiger charge is -2.29. The first-order valence-electron chi connectivity index (χ1n) is 6.89. The fourth-order valence-corrected chi connectivity index (χ4v) is 2.51. The molecule has 1 atom stereocenters. The van der Waals surface area contributed by atoms with Gasteiger partial charge in [0.1, 0.15) is 0 Å². The summed E-state index contributed by atoms with van der Waals surface area (Å²) in [4.78, 5) is 13.6. The molecule has 3 rings (SSSR count). The van der Waals surface area contributed by atoms with Gasteiger partial charge in [0.2, 0.25) is 5.82 Å². The Morgan fingerprint density at radius 2 is 1.87 bits per heavy atom. The summed E-state index contributed by atoms with van der Waals surface area (Å²) in [6.07, 6.45) is -5.94. The molecule has 1 aliphatic heterocycles. The van der Waals surface area contributed by atoms with Crippen LogP contribution in [0.4, 0.5) is 13.2 Å². The largest absolute Gasteiger partial charge is 0.451 e. The Hall–Kier alpha value is -2.42. The molecule has 0 radical (unpaired) electrons. The summed E-state index contributed by atoms with van der Waals surface area (Å²) in [6.45, 7) is -0.132. The molecular weight excluding hydrogens is 313 g/mol. The molecule has 1 aromatic carbocycles. The molecule has 1 unspecified atom stereocenters. The van der Waals surface area contributed by atoms with Gasteiger partial charge in [-0.2, -0.15) is 13.2 Å². The van der Waals surface area contributed by atoms with E-state index in [4.69, 9.17) is 0 Å². The Balaban J connectivity index is 1.77. The molecule has 0 spiro atoms. The number of halogens is 3. The normalized spacial score (nSPS) is 16.1. The Kier molecular flexibility index (Phi) is 3.80. The standard InChI is InChI=1S/C14H13F3N4O2/c15-14(16,17)13-19-18-10-8-20(6-7-21(10)13)12(23)11(22)9-4-2-1-3-5-9/h1-5,11,22H,6-8H2. The molecular formula is C14H13F3N4O2. The van der Waals surface area contributed by atoms with E-state index >= 15 is 0 Å². The summed E-state index contributed by atoms with van der Waals surface area (Å²) in [7, 11) is 0. The topological polar surface area (TPSA) is 71.2 Å². The molecule has 0 aliphatic carbocycles. The number of alkyl halides is 3. The quantitative estimate of drug-likeness (QED) is 0.905. The van der Waals surface area contributed by atoms with E-state index in [0.29, 0.717) is 5.56 Å². The average molecular weight is 326 g/mol. The van der Waals surface area contributed by atoms with Crippen LogP contribution in [0.3, 0.4) is 0 Å². The van der Waals surface area contributed by atoms with E-state index in [9.17, 15) is 23.1 Å². The molecule has 9 heteroatoms. The fraction of sp³-hybridized carbons (Fsp3) is 0.357. The van der Waals surface area contributed by atoms with Crippen molar-refractivity contribution in [3.8, 4) is 0 Å². The second-order valence-electron chi connectivity index (χ2n) is 5.16. The number of aliphatic hydroxyl groups excluding tert-OH is 1. The number of nitrogens with zero attached hydrogens (tertiary/aromatic N) is 4. The lowest BCUT2D eigenvalue weighted by Crippen LogP contribution is -2.41. The van der Waals surface area contributed by atoms with Crippen LogP contribution in [0, 0.1) is 0 Å². The first-order chi connectivity index (χ1) is 10.9. The Morgan fingerprint density at radius 3 is 2.52 bits per heavy atom. The second kappa shape index (κ2) is 5.65. The van der Waals surface area contributed by atoms with Crippen LogP contribution in [0.1, 0.15) is 23.3 Å². The van der Waals surface area contributed by atoms with Crippen LogP contribution in [0.5, 0.6) is 0 Å². The van der Waals surface area contributed by atoms with Crippen molar-refractivity contribution in [1.82, 2.24) is 19.7 Å². The van der Waals surface area contributed by atoms with Crippen LogP contribution in [0.2, 0.25) is 0 Å². The molecule has 23 heavy (non-hydrogen) atoms. The predicted octanol–water partition coefficient (Wildman–Crippen LogP) is 1.37. The number of aromatic nitrogens is 3. The number of aliphatic hydroxyl groups is 1. The van der Waals surface area contributed by atoms with Crippen LogP contribution < -0.4 is 0 Å². The van der Waals surface area contributed by atoms with E-state index in [1.807, 2.05) is 0 Å². The number of carbonyl (C=O) groups is 1. The van der Waals surface area contributed by atoms with Gasteiger partial charge in [0, 0.05) is 13.1 Å². The van der Waals surface area contributed by atoms with Crippen molar-refractivity contribution >= 4 is 5.91 Å². The number of hydrogen-bond donors (Lipinski definition) is 1. The maximum absolute atomic E-state index is 12.8. The Bertz CT molecular complexity index is 715. The lowest BCUT2D eigenvalue weighted by atomic mass is 10.1. The summed E-state index contributed by atoms with van der Waals surface area (Å²) >= 11 is 0. The van der Waals surface area contributed by atoms with Crippen molar-refractivity contribution in [3.05, 3.63) is 47.5 Å². The minimum atomic E-state index is -4.58. The van der Waals surface area contributed by atoms with E-state index in [-0.39, 0.29) is 25.5 Å². The van der Waals surface area contributed by atoms with Crippen LogP contribution in [0.25, 0.3) is 0 Å². The second-order valence-corrected chi connectivity index (χ2v) is 5.16. The van der Waals surface area contributed by atoms with Gasteiger partial charge in [0.05, 0.1) is 6.54 Å². The summed E-state index contributed by atoms with van der Waals surface area (Å²) in [6, 6.07) is 8.35. The van der Waals surface area contributed by atoms with Gasteiger partial charge < -0.3 is 14.6 Å². The molecule has 6 nitrogen and oxygen atoms in total. The smallest absolute Gasteiger partial charge is 0.378 e. The number of fused-ring (bicyclic) bond motifs is 1. The van der Waals surface area contributed by atoms with E-state index < -0.39 is 24.0 Å². The third kappa shape index (κ3) is 2.91. The zero-order valence-corrected chi connectivity index (χ0v) is 11.9. The van der Waals surface area contributed by atoms with Crippen molar-refractivity contribution in [1.29, 1.82) is 0 Å². The number of hydrogen-bond acceptors (Lipinski definition) is 4. The van der Waals surface area contributed by atoms with Crippen molar-refractivity contribution in [2.24, 2.45) is 0 Å². The van der Waals surface area contributed by atoms with Crippen LogP contribution >= 0.6 is 0 Å². The van der Waals surface area contributed by atoms with Gasteiger partial charge in [-0.1, -0.05) is 30.3 Å². The molecule has 1 N–H and O–H groups in total. The fourth-order valence-electron chi connectivity index (χ4n) is 2.51. The molecule has 0 fully saturated rings. The molecule has 0 saturated heterocycles. The van der Waals surface area contributed by atoms with Crippen molar-refractivity contribution in [2.45, 2.75) is 25.4 Å². The van der Waals surface area contributed by atoms with Crippen LogP contribution in [0.15, 0.2) is 30.3 Å². The summed E-state index contributed by atoms with van der Waals surface area (Å²) < 4.78 is 39.3. The third-order valence-corrected chi connectivity index (χ3v) is 3.67. The average Bonchev–Trinajstić information content (AvgIpc) is 2.97. The van der Waals surface area contributed by atoms with Gasteiger partial charge in [-0.25, -0.2) is 0 Å².